The summed E-state index contributed by atoms with van der Waals surface area (Å²) in [4.78, 5) is 12.6. The minimum atomic E-state index is -3.61. The molecule has 0 spiro atoms. The smallest absolute Gasteiger partial charge is 0.262 e. The van der Waals surface area contributed by atoms with E-state index in [1.165, 1.54) is 20.3 Å². The number of nitrogens with one attached hydrogen (secondary N) is 2. The number of rotatable bonds is 9. The lowest BCUT2D eigenvalue weighted by atomic mass is 9.96. The van der Waals surface area contributed by atoms with Crippen molar-refractivity contribution in [2.24, 2.45) is 0 Å². The highest BCUT2D eigenvalue weighted by molar-refractivity contribution is 7.89. The van der Waals surface area contributed by atoms with Gasteiger partial charge in [0, 0.05) is 18.2 Å². The van der Waals surface area contributed by atoms with Crippen molar-refractivity contribution < 1.29 is 27.4 Å². The number of methoxy groups -OCH3 is 2. The van der Waals surface area contributed by atoms with Crippen LogP contribution in [0.1, 0.15) is 37.7 Å². The number of carbonyl (C=O) groups excluding carboxylic acids is 1. The molecule has 33 heavy (non-hydrogen) atoms. The molecule has 1 amide bonds. The van der Waals surface area contributed by atoms with Crippen LogP contribution in [0.5, 0.6) is 17.2 Å². The molecule has 2 aromatic carbocycles. The maximum absolute atomic E-state index is 12.7. The van der Waals surface area contributed by atoms with Crippen molar-refractivity contribution in [3.63, 3.8) is 0 Å². The highest BCUT2D eigenvalue weighted by atomic mass is 35.5. The van der Waals surface area contributed by atoms with E-state index in [-0.39, 0.29) is 17.5 Å². The van der Waals surface area contributed by atoms with Gasteiger partial charge in [-0.1, -0.05) is 30.9 Å². The van der Waals surface area contributed by atoms with E-state index >= 15 is 0 Å². The molecule has 2 aromatic rings. The molecule has 0 saturated heterocycles. The van der Waals surface area contributed by atoms with Crippen molar-refractivity contribution in [2.45, 2.75) is 50.0 Å². The molecule has 0 aromatic heterocycles. The molecule has 3 rings (SSSR count). The summed E-state index contributed by atoms with van der Waals surface area (Å²) in [5, 5.41) is 3.05. The summed E-state index contributed by atoms with van der Waals surface area (Å²) >= 11 is 6.09. The number of carbonyl (C=O) groups is 1. The van der Waals surface area contributed by atoms with Crippen molar-refractivity contribution in [2.75, 3.05) is 26.1 Å². The van der Waals surface area contributed by atoms with Gasteiger partial charge in [0.15, 0.2) is 6.61 Å². The SMILES string of the molecule is COc1cc(NC(=O)COc2ccc(S(=O)(=O)NC3CCCCC3)cc2C)c(OC)cc1Cl. The molecule has 2 N–H and O–H groups in total. The van der Waals surface area contributed by atoms with E-state index in [4.69, 9.17) is 25.8 Å². The van der Waals surface area contributed by atoms with Gasteiger partial charge in [-0.05, 0) is 43.5 Å². The van der Waals surface area contributed by atoms with Crippen LogP contribution in [0.2, 0.25) is 5.02 Å². The Labute approximate surface area is 199 Å². The van der Waals surface area contributed by atoms with Crippen LogP contribution in [0, 0.1) is 6.92 Å². The van der Waals surface area contributed by atoms with Crippen LogP contribution >= 0.6 is 11.6 Å². The van der Waals surface area contributed by atoms with Crippen LogP contribution in [-0.2, 0) is 14.8 Å². The van der Waals surface area contributed by atoms with Gasteiger partial charge in [-0.15, -0.1) is 0 Å². The Morgan fingerprint density at radius 3 is 2.36 bits per heavy atom. The maximum atomic E-state index is 12.7. The third-order valence-electron chi connectivity index (χ3n) is 5.49. The molecule has 10 heteroatoms. The van der Waals surface area contributed by atoms with Crippen LogP contribution in [-0.4, -0.2) is 41.2 Å². The Morgan fingerprint density at radius 2 is 1.73 bits per heavy atom. The monoisotopic (exact) mass is 496 g/mol. The Balaban J connectivity index is 1.63. The Morgan fingerprint density at radius 1 is 1.03 bits per heavy atom. The molecule has 0 atom stereocenters. The summed E-state index contributed by atoms with van der Waals surface area (Å²) in [6.07, 6.45) is 4.94. The maximum Gasteiger partial charge on any atom is 0.262 e. The summed E-state index contributed by atoms with van der Waals surface area (Å²) in [7, 11) is -0.674. The molecule has 1 fully saturated rings. The third kappa shape index (κ3) is 6.52. The molecule has 0 radical (unpaired) electrons. The number of hydrogen-bond acceptors (Lipinski definition) is 6. The number of sulfonamides is 1. The molecule has 0 unspecified atom stereocenters. The fourth-order valence-electron chi connectivity index (χ4n) is 3.75. The summed E-state index contributed by atoms with van der Waals surface area (Å²) in [5.74, 6) is 0.767. The fourth-order valence-corrected chi connectivity index (χ4v) is 5.37. The van der Waals surface area contributed by atoms with Gasteiger partial charge in [0.05, 0.1) is 29.8 Å². The average Bonchev–Trinajstić information content (AvgIpc) is 2.79. The number of hydrogen-bond donors (Lipinski definition) is 2. The van der Waals surface area contributed by atoms with E-state index in [2.05, 4.69) is 10.0 Å². The number of benzene rings is 2. The third-order valence-corrected chi connectivity index (χ3v) is 7.30. The normalized spacial score (nSPS) is 14.5. The zero-order valence-electron chi connectivity index (χ0n) is 18.9. The number of aryl methyl sites for hydroxylation is 1. The Kier molecular flexibility index (Phi) is 8.45. The largest absolute Gasteiger partial charge is 0.495 e. The highest BCUT2D eigenvalue weighted by Crippen LogP contribution is 2.35. The minimum Gasteiger partial charge on any atom is -0.495 e. The lowest BCUT2D eigenvalue weighted by Crippen LogP contribution is -2.36. The first-order valence-electron chi connectivity index (χ1n) is 10.7. The zero-order chi connectivity index (χ0) is 24.0. The van der Waals surface area contributed by atoms with Gasteiger partial charge < -0.3 is 19.5 Å². The van der Waals surface area contributed by atoms with Crippen LogP contribution in [0.25, 0.3) is 0 Å². The van der Waals surface area contributed by atoms with E-state index in [0.29, 0.717) is 33.5 Å². The average molecular weight is 497 g/mol. The summed E-state index contributed by atoms with van der Waals surface area (Å²) in [5.41, 5.74) is 0.999. The summed E-state index contributed by atoms with van der Waals surface area (Å²) in [6.45, 7) is 1.46. The topological polar surface area (TPSA) is 103 Å². The minimum absolute atomic E-state index is 0.0211. The number of anilines is 1. The summed E-state index contributed by atoms with van der Waals surface area (Å²) < 4.78 is 44.3. The second-order valence-corrected chi connectivity index (χ2v) is 10.0. The first-order valence-corrected chi connectivity index (χ1v) is 12.6. The van der Waals surface area contributed by atoms with Gasteiger partial charge >= 0.3 is 0 Å². The Bertz CT molecular complexity index is 1100. The van der Waals surface area contributed by atoms with Gasteiger partial charge in [0.1, 0.15) is 17.2 Å². The van der Waals surface area contributed by atoms with Crippen molar-refractivity contribution in [1.82, 2.24) is 4.72 Å². The Hall–Kier alpha value is -2.49. The van der Waals surface area contributed by atoms with Gasteiger partial charge in [0.25, 0.3) is 5.91 Å². The molecule has 0 aliphatic heterocycles. The second kappa shape index (κ2) is 11.1. The zero-order valence-corrected chi connectivity index (χ0v) is 20.5. The van der Waals surface area contributed by atoms with Gasteiger partial charge in [-0.2, -0.15) is 0 Å². The standard InChI is InChI=1S/C23H29ClN2O6S/c1-15-11-17(33(28,29)26-16-7-5-4-6-8-16)9-10-20(15)32-14-23(27)25-19-13-21(30-2)18(24)12-22(19)31-3/h9-13,16,26H,4-8,14H2,1-3H3,(H,25,27). The molecule has 1 saturated carbocycles. The van der Waals surface area contributed by atoms with Crippen LogP contribution in [0.4, 0.5) is 5.69 Å². The molecule has 0 heterocycles. The molecule has 1 aliphatic carbocycles. The van der Waals surface area contributed by atoms with Crippen LogP contribution in [0.15, 0.2) is 35.2 Å². The van der Waals surface area contributed by atoms with E-state index in [1.54, 1.807) is 31.2 Å². The number of amides is 1. The predicted octanol–water partition coefficient (Wildman–Crippen LogP) is 4.29. The molecular formula is C23H29ClN2O6S. The van der Waals surface area contributed by atoms with E-state index in [9.17, 15) is 13.2 Å². The molecule has 0 bridgehead atoms. The lowest BCUT2D eigenvalue weighted by molar-refractivity contribution is -0.118. The quantitative estimate of drug-likeness (QED) is 0.536. The fraction of sp³-hybridized carbons (Fsp3) is 0.435. The van der Waals surface area contributed by atoms with Gasteiger partial charge in [0.2, 0.25) is 10.0 Å². The second-order valence-electron chi connectivity index (χ2n) is 7.91. The van der Waals surface area contributed by atoms with Crippen molar-refractivity contribution in [3.8, 4) is 17.2 Å². The molecule has 8 nitrogen and oxygen atoms in total. The first kappa shape index (κ1) is 25.1. The lowest BCUT2D eigenvalue weighted by Gasteiger charge is -2.22. The first-order chi connectivity index (χ1) is 15.7. The van der Waals surface area contributed by atoms with E-state index in [0.717, 1.165) is 32.1 Å². The molecule has 1 aliphatic rings. The number of halogens is 1. The van der Waals surface area contributed by atoms with E-state index < -0.39 is 15.9 Å². The van der Waals surface area contributed by atoms with Crippen LogP contribution in [0.3, 0.4) is 0 Å². The predicted molar refractivity (Wildman–Crippen MR) is 127 cm³/mol. The van der Waals surface area contributed by atoms with Crippen molar-refractivity contribution in [3.05, 3.63) is 40.9 Å². The molecule has 180 valence electrons. The van der Waals surface area contributed by atoms with Crippen molar-refractivity contribution >= 4 is 33.2 Å². The van der Waals surface area contributed by atoms with Crippen LogP contribution < -0.4 is 24.2 Å². The van der Waals surface area contributed by atoms with E-state index in [1.807, 2.05) is 0 Å². The molecular weight excluding hydrogens is 468 g/mol. The van der Waals surface area contributed by atoms with Gasteiger partial charge in [-0.3, -0.25) is 4.79 Å². The highest BCUT2D eigenvalue weighted by Gasteiger charge is 2.22. The van der Waals surface area contributed by atoms with Crippen molar-refractivity contribution in [1.29, 1.82) is 0 Å². The van der Waals surface area contributed by atoms with Gasteiger partial charge in [-0.25, -0.2) is 13.1 Å². The number of ether oxygens (including phenoxy) is 3. The summed E-state index contributed by atoms with van der Waals surface area (Å²) in [6, 6.07) is 7.67.